The molecule has 1 aromatic heterocycles. The zero-order valence-corrected chi connectivity index (χ0v) is 10.9. The number of fused-ring (bicyclic) bond motifs is 1. The summed E-state index contributed by atoms with van der Waals surface area (Å²) in [6, 6.07) is 6.13. The Balaban J connectivity index is 1.50. The van der Waals surface area contributed by atoms with Crippen molar-refractivity contribution in [2.75, 3.05) is 18.5 Å². The van der Waals surface area contributed by atoms with Gasteiger partial charge in [-0.1, -0.05) is 0 Å². The Kier molecular flexibility index (Phi) is 2.69. The van der Waals surface area contributed by atoms with Gasteiger partial charge in [-0.3, -0.25) is 0 Å². The first kappa shape index (κ1) is 11.3. The van der Waals surface area contributed by atoms with Crippen molar-refractivity contribution in [2.45, 2.75) is 37.7 Å². The number of benzene rings is 1. The van der Waals surface area contributed by atoms with Crippen LogP contribution in [0.3, 0.4) is 0 Å². The molecule has 0 amide bonds. The number of hydrogen-bond acceptors (Lipinski definition) is 4. The van der Waals surface area contributed by atoms with Gasteiger partial charge in [-0.15, -0.1) is 0 Å². The molecule has 1 saturated heterocycles. The van der Waals surface area contributed by atoms with Crippen LogP contribution in [-0.4, -0.2) is 24.2 Å². The summed E-state index contributed by atoms with van der Waals surface area (Å²) in [5, 5.41) is 3.43. The summed E-state index contributed by atoms with van der Waals surface area (Å²) in [5.41, 5.74) is 2.95. The molecule has 1 N–H and O–H groups in total. The van der Waals surface area contributed by atoms with Crippen molar-refractivity contribution < 1.29 is 9.15 Å². The number of rotatable bonds is 4. The van der Waals surface area contributed by atoms with Gasteiger partial charge in [0.2, 0.25) is 0 Å². The first-order chi connectivity index (χ1) is 9.38. The fraction of sp³-hybridized carbons (Fsp3) is 0.533. The lowest BCUT2D eigenvalue weighted by molar-refractivity contribution is 0.120. The minimum absolute atomic E-state index is 0.357. The smallest absolute Gasteiger partial charge is 0.198 e. The molecule has 1 aliphatic carbocycles. The van der Waals surface area contributed by atoms with Gasteiger partial charge in [0.25, 0.3) is 0 Å². The molecule has 1 unspecified atom stereocenters. The fourth-order valence-corrected chi connectivity index (χ4v) is 2.60. The minimum Gasteiger partial charge on any atom is -0.440 e. The molecule has 4 rings (SSSR count). The largest absolute Gasteiger partial charge is 0.440 e. The van der Waals surface area contributed by atoms with Gasteiger partial charge in [-0.05, 0) is 43.9 Å². The molecule has 4 nitrogen and oxygen atoms in total. The van der Waals surface area contributed by atoms with Crippen molar-refractivity contribution in [3.63, 3.8) is 0 Å². The van der Waals surface area contributed by atoms with Gasteiger partial charge in [0.1, 0.15) is 5.52 Å². The van der Waals surface area contributed by atoms with Gasteiger partial charge < -0.3 is 14.5 Å². The van der Waals surface area contributed by atoms with Crippen LogP contribution in [0.5, 0.6) is 0 Å². The highest BCUT2D eigenvalue weighted by Crippen LogP contribution is 2.40. The van der Waals surface area contributed by atoms with E-state index >= 15 is 0 Å². The third-order valence-electron chi connectivity index (χ3n) is 3.89. The van der Waals surface area contributed by atoms with Crippen molar-refractivity contribution in [3.05, 3.63) is 24.1 Å². The summed E-state index contributed by atoms with van der Waals surface area (Å²) < 4.78 is 11.4. The Labute approximate surface area is 112 Å². The van der Waals surface area contributed by atoms with E-state index in [2.05, 4.69) is 22.4 Å². The molecule has 1 aliphatic heterocycles. The maximum Gasteiger partial charge on any atom is 0.198 e. The normalized spacial score (nSPS) is 23.1. The standard InChI is InChI=1S/C15H18N2O2/c1-2-12(18-7-1)9-16-11-5-6-14-13(8-11)17-15(19-14)10-3-4-10/h5-6,8,10,12,16H,1-4,7,9H2. The summed E-state index contributed by atoms with van der Waals surface area (Å²) in [7, 11) is 0. The molecule has 2 heterocycles. The van der Waals surface area contributed by atoms with Gasteiger partial charge >= 0.3 is 0 Å². The van der Waals surface area contributed by atoms with Gasteiger partial charge in [0.05, 0.1) is 6.10 Å². The molecule has 2 aromatic rings. The molecular weight excluding hydrogens is 240 g/mol. The summed E-state index contributed by atoms with van der Waals surface area (Å²) >= 11 is 0. The molecular formula is C15H18N2O2. The van der Waals surface area contributed by atoms with Crippen molar-refractivity contribution >= 4 is 16.8 Å². The summed E-state index contributed by atoms with van der Waals surface area (Å²) in [6.07, 6.45) is 5.13. The van der Waals surface area contributed by atoms with E-state index in [9.17, 15) is 0 Å². The predicted molar refractivity (Wildman–Crippen MR) is 73.4 cm³/mol. The van der Waals surface area contributed by atoms with Gasteiger partial charge in [0.15, 0.2) is 11.5 Å². The second-order valence-corrected chi connectivity index (χ2v) is 5.52. The quantitative estimate of drug-likeness (QED) is 0.914. The Morgan fingerprint density at radius 2 is 2.21 bits per heavy atom. The van der Waals surface area contributed by atoms with E-state index in [0.29, 0.717) is 12.0 Å². The van der Waals surface area contributed by atoms with Crippen LogP contribution in [0.15, 0.2) is 22.6 Å². The number of hydrogen-bond donors (Lipinski definition) is 1. The highest BCUT2D eigenvalue weighted by molar-refractivity contribution is 5.77. The van der Waals surface area contributed by atoms with E-state index in [1.807, 2.05) is 6.07 Å². The predicted octanol–water partition coefficient (Wildman–Crippen LogP) is 3.30. The van der Waals surface area contributed by atoms with Crippen molar-refractivity contribution in [1.29, 1.82) is 0 Å². The molecule has 100 valence electrons. The molecule has 0 radical (unpaired) electrons. The average molecular weight is 258 g/mol. The summed E-state index contributed by atoms with van der Waals surface area (Å²) in [5.74, 6) is 1.47. The SMILES string of the molecule is c1cc2oc(C3CC3)nc2cc1NCC1CCCO1. The van der Waals surface area contributed by atoms with Crippen molar-refractivity contribution in [3.8, 4) is 0 Å². The summed E-state index contributed by atoms with van der Waals surface area (Å²) in [6.45, 7) is 1.78. The first-order valence-corrected chi connectivity index (χ1v) is 7.14. The molecule has 1 saturated carbocycles. The zero-order chi connectivity index (χ0) is 12.7. The highest BCUT2D eigenvalue weighted by Gasteiger charge is 2.28. The Morgan fingerprint density at radius 3 is 3.00 bits per heavy atom. The molecule has 2 fully saturated rings. The van der Waals surface area contributed by atoms with E-state index in [1.165, 1.54) is 19.3 Å². The van der Waals surface area contributed by atoms with Gasteiger partial charge in [-0.25, -0.2) is 4.98 Å². The van der Waals surface area contributed by atoms with E-state index in [4.69, 9.17) is 9.15 Å². The monoisotopic (exact) mass is 258 g/mol. The molecule has 1 atom stereocenters. The van der Waals surface area contributed by atoms with Crippen molar-refractivity contribution in [2.24, 2.45) is 0 Å². The lowest BCUT2D eigenvalue weighted by atomic mass is 10.2. The second kappa shape index (κ2) is 4.53. The van der Waals surface area contributed by atoms with E-state index in [-0.39, 0.29) is 0 Å². The lowest BCUT2D eigenvalue weighted by Gasteiger charge is -2.11. The van der Waals surface area contributed by atoms with Crippen LogP contribution in [0.2, 0.25) is 0 Å². The maximum atomic E-state index is 5.76. The Morgan fingerprint density at radius 1 is 1.26 bits per heavy atom. The van der Waals surface area contributed by atoms with Crippen LogP contribution in [0.1, 0.15) is 37.5 Å². The molecule has 0 spiro atoms. The average Bonchev–Trinajstić information content (AvgIpc) is 3.00. The van der Waals surface area contributed by atoms with E-state index < -0.39 is 0 Å². The number of ether oxygens (including phenoxy) is 1. The van der Waals surface area contributed by atoms with Crippen LogP contribution >= 0.6 is 0 Å². The second-order valence-electron chi connectivity index (χ2n) is 5.52. The van der Waals surface area contributed by atoms with Crippen LogP contribution < -0.4 is 5.32 Å². The third kappa shape index (κ3) is 2.32. The lowest BCUT2D eigenvalue weighted by Crippen LogP contribution is -2.18. The van der Waals surface area contributed by atoms with Crippen LogP contribution in [-0.2, 0) is 4.74 Å². The third-order valence-corrected chi connectivity index (χ3v) is 3.89. The molecule has 1 aromatic carbocycles. The van der Waals surface area contributed by atoms with E-state index in [1.54, 1.807) is 0 Å². The number of nitrogens with zero attached hydrogens (tertiary/aromatic N) is 1. The Hall–Kier alpha value is -1.55. The van der Waals surface area contributed by atoms with Crippen LogP contribution in [0.25, 0.3) is 11.1 Å². The fourth-order valence-electron chi connectivity index (χ4n) is 2.60. The minimum atomic E-state index is 0.357. The van der Waals surface area contributed by atoms with Crippen LogP contribution in [0, 0.1) is 0 Å². The molecule has 4 heteroatoms. The van der Waals surface area contributed by atoms with Gasteiger partial charge in [-0.2, -0.15) is 0 Å². The van der Waals surface area contributed by atoms with Crippen molar-refractivity contribution in [1.82, 2.24) is 4.98 Å². The van der Waals surface area contributed by atoms with E-state index in [0.717, 1.165) is 42.3 Å². The summed E-state index contributed by atoms with van der Waals surface area (Å²) in [4.78, 5) is 4.58. The zero-order valence-electron chi connectivity index (χ0n) is 10.9. The first-order valence-electron chi connectivity index (χ1n) is 7.14. The number of anilines is 1. The highest BCUT2D eigenvalue weighted by atomic mass is 16.5. The molecule has 0 bridgehead atoms. The van der Waals surface area contributed by atoms with Crippen LogP contribution in [0.4, 0.5) is 5.69 Å². The number of oxazole rings is 1. The van der Waals surface area contributed by atoms with Gasteiger partial charge in [0, 0.05) is 24.8 Å². The Bertz CT molecular complexity index is 583. The molecule has 2 aliphatic rings. The topological polar surface area (TPSA) is 47.3 Å². The number of aromatic nitrogens is 1. The maximum absolute atomic E-state index is 5.76. The molecule has 19 heavy (non-hydrogen) atoms. The number of nitrogens with one attached hydrogen (secondary N) is 1.